The van der Waals surface area contributed by atoms with E-state index in [4.69, 9.17) is 16.3 Å². The molecule has 1 aliphatic heterocycles. The smallest absolute Gasteiger partial charge is 0.251 e. The number of carbonyl (C=O) groups excluding carboxylic acids is 1. The molecule has 0 aliphatic carbocycles. The molecule has 146 valence electrons. The zero-order chi connectivity index (χ0) is 19.3. The molecule has 6 nitrogen and oxygen atoms in total. The second kappa shape index (κ2) is 9.17. The number of morpholine rings is 1. The first-order valence-electron chi connectivity index (χ1n) is 8.99. The number of unbranched alkanes of at least 4 members (excludes halogenated alkanes) is 2. The van der Waals surface area contributed by atoms with E-state index in [1.165, 1.54) is 16.4 Å². The predicted octanol–water partition coefficient (Wildman–Crippen LogP) is 3.06. The second-order valence-electron chi connectivity index (χ2n) is 6.69. The number of sulfonamides is 1. The molecule has 1 aromatic carbocycles. The van der Waals surface area contributed by atoms with Gasteiger partial charge in [0.05, 0.1) is 17.2 Å². The van der Waals surface area contributed by atoms with Crippen molar-refractivity contribution in [3.05, 3.63) is 28.8 Å². The minimum Gasteiger partial charge on any atom is -0.373 e. The monoisotopic (exact) mass is 402 g/mol. The summed E-state index contributed by atoms with van der Waals surface area (Å²) in [5, 5.41) is 2.93. The van der Waals surface area contributed by atoms with Crippen LogP contribution in [0.4, 0.5) is 0 Å². The lowest BCUT2D eigenvalue weighted by atomic mass is 10.2. The highest BCUT2D eigenvalue weighted by Gasteiger charge is 2.33. The molecule has 1 amide bonds. The maximum atomic E-state index is 13.0. The normalized spacial score (nSPS) is 21.5. The Bertz CT molecular complexity index is 729. The SMILES string of the molecule is CCCCCNC(=O)c1ccc(Cl)c(S(=O)(=O)N2CC(C)OC(C)C2)c1. The van der Waals surface area contributed by atoms with Crippen LogP contribution >= 0.6 is 11.6 Å². The van der Waals surface area contributed by atoms with Crippen LogP contribution in [-0.2, 0) is 14.8 Å². The Labute approximate surface area is 160 Å². The van der Waals surface area contributed by atoms with Crippen molar-refractivity contribution in [2.75, 3.05) is 19.6 Å². The minimum atomic E-state index is -3.80. The summed E-state index contributed by atoms with van der Waals surface area (Å²) in [5.41, 5.74) is 0.291. The largest absolute Gasteiger partial charge is 0.373 e. The lowest BCUT2D eigenvalue weighted by Gasteiger charge is -2.34. The first-order chi connectivity index (χ1) is 12.3. The van der Waals surface area contributed by atoms with Gasteiger partial charge in [-0.25, -0.2) is 8.42 Å². The van der Waals surface area contributed by atoms with Gasteiger partial charge in [0.1, 0.15) is 4.90 Å². The van der Waals surface area contributed by atoms with Crippen molar-refractivity contribution in [3.8, 4) is 0 Å². The average molecular weight is 403 g/mol. The number of hydrogen-bond acceptors (Lipinski definition) is 4. The molecule has 2 atom stereocenters. The third-order valence-corrected chi connectivity index (χ3v) is 6.58. The summed E-state index contributed by atoms with van der Waals surface area (Å²) in [5.74, 6) is -0.294. The van der Waals surface area contributed by atoms with Crippen molar-refractivity contribution in [1.82, 2.24) is 9.62 Å². The van der Waals surface area contributed by atoms with Crippen molar-refractivity contribution in [2.45, 2.75) is 57.1 Å². The van der Waals surface area contributed by atoms with E-state index in [9.17, 15) is 13.2 Å². The van der Waals surface area contributed by atoms with Crippen LogP contribution in [0.25, 0.3) is 0 Å². The molecule has 2 rings (SSSR count). The molecule has 0 aromatic heterocycles. The fourth-order valence-electron chi connectivity index (χ4n) is 2.99. The number of amides is 1. The minimum absolute atomic E-state index is 0.0401. The molecule has 8 heteroatoms. The van der Waals surface area contributed by atoms with Gasteiger partial charge in [0.25, 0.3) is 5.91 Å². The molecule has 0 saturated carbocycles. The first kappa shape index (κ1) is 21.2. The highest BCUT2D eigenvalue weighted by molar-refractivity contribution is 7.89. The highest BCUT2D eigenvalue weighted by atomic mass is 35.5. The first-order valence-corrected chi connectivity index (χ1v) is 10.8. The molecule has 1 fully saturated rings. The summed E-state index contributed by atoms with van der Waals surface area (Å²) in [7, 11) is -3.80. The third kappa shape index (κ3) is 5.19. The van der Waals surface area contributed by atoms with E-state index in [0.29, 0.717) is 12.1 Å². The van der Waals surface area contributed by atoms with Crippen LogP contribution < -0.4 is 5.32 Å². The van der Waals surface area contributed by atoms with Gasteiger partial charge in [-0.15, -0.1) is 0 Å². The number of nitrogens with zero attached hydrogens (tertiary/aromatic N) is 1. The maximum Gasteiger partial charge on any atom is 0.251 e. The van der Waals surface area contributed by atoms with Gasteiger partial charge >= 0.3 is 0 Å². The predicted molar refractivity (Wildman–Crippen MR) is 102 cm³/mol. The lowest BCUT2D eigenvalue weighted by Crippen LogP contribution is -2.48. The van der Waals surface area contributed by atoms with Crippen molar-refractivity contribution in [3.63, 3.8) is 0 Å². The van der Waals surface area contributed by atoms with Gasteiger partial charge in [-0.1, -0.05) is 31.4 Å². The van der Waals surface area contributed by atoms with Crippen LogP contribution in [0.5, 0.6) is 0 Å². The zero-order valence-corrected chi connectivity index (χ0v) is 17.1. The van der Waals surface area contributed by atoms with E-state index in [0.717, 1.165) is 19.3 Å². The van der Waals surface area contributed by atoms with E-state index in [2.05, 4.69) is 12.2 Å². The van der Waals surface area contributed by atoms with Crippen molar-refractivity contribution in [2.24, 2.45) is 0 Å². The zero-order valence-electron chi connectivity index (χ0n) is 15.5. The summed E-state index contributed by atoms with van der Waals surface area (Å²) >= 11 is 6.15. The molecule has 0 spiro atoms. The lowest BCUT2D eigenvalue weighted by molar-refractivity contribution is -0.0440. The fraction of sp³-hybridized carbons (Fsp3) is 0.611. The van der Waals surface area contributed by atoms with Gasteiger partial charge in [-0.2, -0.15) is 4.31 Å². The number of carbonyl (C=O) groups is 1. The van der Waals surface area contributed by atoms with Crippen LogP contribution in [0.3, 0.4) is 0 Å². The Hall–Kier alpha value is -1.15. The fourth-order valence-corrected chi connectivity index (χ4v) is 5.08. The Morgan fingerprint density at radius 3 is 2.54 bits per heavy atom. The number of ether oxygens (including phenoxy) is 1. The number of benzene rings is 1. The van der Waals surface area contributed by atoms with E-state index < -0.39 is 10.0 Å². The Morgan fingerprint density at radius 2 is 1.92 bits per heavy atom. The molecule has 26 heavy (non-hydrogen) atoms. The van der Waals surface area contributed by atoms with Gasteiger partial charge < -0.3 is 10.1 Å². The summed E-state index contributed by atoms with van der Waals surface area (Å²) in [4.78, 5) is 12.3. The topological polar surface area (TPSA) is 75.7 Å². The molecular weight excluding hydrogens is 376 g/mol. The molecule has 1 heterocycles. The number of halogens is 1. The van der Waals surface area contributed by atoms with Gasteiger partial charge in [0.15, 0.2) is 0 Å². The van der Waals surface area contributed by atoms with Crippen LogP contribution in [-0.4, -0.2) is 50.5 Å². The van der Waals surface area contributed by atoms with E-state index in [1.54, 1.807) is 6.07 Å². The summed E-state index contributed by atoms with van der Waals surface area (Å²) < 4.78 is 33.0. The molecular formula is C18H27ClN2O4S. The number of hydrogen-bond donors (Lipinski definition) is 1. The Balaban J connectivity index is 2.21. The second-order valence-corrected chi connectivity index (χ2v) is 9.00. The molecule has 1 N–H and O–H groups in total. The van der Waals surface area contributed by atoms with Crippen molar-refractivity contribution >= 4 is 27.5 Å². The Morgan fingerprint density at radius 1 is 1.27 bits per heavy atom. The molecule has 0 bridgehead atoms. The van der Waals surface area contributed by atoms with Crippen LogP contribution in [0.15, 0.2) is 23.1 Å². The molecule has 1 aliphatic rings. The standard InChI is InChI=1S/C18H27ClN2O4S/c1-4-5-6-9-20-18(22)15-7-8-16(19)17(10-15)26(23,24)21-11-13(2)25-14(3)12-21/h7-8,10,13-14H,4-6,9,11-12H2,1-3H3,(H,20,22). The van der Waals surface area contributed by atoms with Gasteiger partial charge in [0, 0.05) is 25.2 Å². The van der Waals surface area contributed by atoms with E-state index in [1.807, 2.05) is 13.8 Å². The summed E-state index contributed by atoms with van der Waals surface area (Å²) in [6, 6.07) is 4.36. The molecule has 2 unspecified atom stereocenters. The van der Waals surface area contributed by atoms with Crippen molar-refractivity contribution < 1.29 is 17.9 Å². The van der Waals surface area contributed by atoms with Crippen LogP contribution in [0.1, 0.15) is 50.4 Å². The average Bonchev–Trinajstić information content (AvgIpc) is 2.58. The molecule has 1 saturated heterocycles. The van der Waals surface area contributed by atoms with Gasteiger partial charge in [0.2, 0.25) is 10.0 Å². The quantitative estimate of drug-likeness (QED) is 0.711. The van der Waals surface area contributed by atoms with Gasteiger partial charge in [-0.3, -0.25) is 4.79 Å². The van der Waals surface area contributed by atoms with Gasteiger partial charge in [-0.05, 0) is 38.5 Å². The van der Waals surface area contributed by atoms with Crippen LogP contribution in [0, 0.1) is 0 Å². The Kier molecular flexibility index (Phi) is 7.46. The molecule has 0 radical (unpaired) electrons. The number of rotatable bonds is 7. The maximum absolute atomic E-state index is 13.0. The molecule has 1 aromatic rings. The van der Waals surface area contributed by atoms with Crippen molar-refractivity contribution in [1.29, 1.82) is 0 Å². The summed E-state index contributed by atoms with van der Waals surface area (Å²) in [6.45, 7) is 6.84. The highest BCUT2D eigenvalue weighted by Crippen LogP contribution is 2.28. The van der Waals surface area contributed by atoms with E-state index >= 15 is 0 Å². The number of nitrogens with one attached hydrogen (secondary N) is 1. The summed E-state index contributed by atoms with van der Waals surface area (Å²) in [6.07, 6.45) is 2.60. The van der Waals surface area contributed by atoms with Crippen LogP contribution in [0.2, 0.25) is 5.02 Å². The third-order valence-electron chi connectivity index (χ3n) is 4.26. The van der Waals surface area contributed by atoms with E-state index in [-0.39, 0.29) is 41.1 Å².